The van der Waals surface area contributed by atoms with Crippen molar-refractivity contribution < 1.29 is 5.11 Å². The number of nitrogens with two attached hydrogens (primary N) is 1. The SMILES string of the molecule is Cc1ccc(NC(C)CO)c(CN)c1. The largest absolute Gasteiger partial charge is 0.394 e. The van der Waals surface area contributed by atoms with Crippen molar-refractivity contribution >= 4 is 5.69 Å². The maximum Gasteiger partial charge on any atom is 0.0630 e. The third-order valence-electron chi connectivity index (χ3n) is 2.16. The van der Waals surface area contributed by atoms with Crippen molar-refractivity contribution in [3.05, 3.63) is 29.3 Å². The number of benzene rings is 1. The van der Waals surface area contributed by atoms with E-state index in [4.69, 9.17) is 10.8 Å². The second-order valence-corrected chi connectivity index (χ2v) is 3.59. The van der Waals surface area contributed by atoms with E-state index >= 15 is 0 Å². The molecule has 1 aromatic carbocycles. The van der Waals surface area contributed by atoms with Crippen molar-refractivity contribution in [2.24, 2.45) is 5.73 Å². The van der Waals surface area contributed by atoms with E-state index in [9.17, 15) is 0 Å². The molecule has 0 saturated carbocycles. The van der Waals surface area contributed by atoms with Crippen LogP contribution in [0.4, 0.5) is 5.69 Å². The first-order chi connectivity index (χ1) is 6.67. The molecular weight excluding hydrogens is 176 g/mol. The first kappa shape index (κ1) is 11.0. The van der Waals surface area contributed by atoms with Crippen LogP contribution in [-0.4, -0.2) is 17.8 Å². The Morgan fingerprint density at radius 2 is 2.21 bits per heavy atom. The van der Waals surface area contributed by atoms with Gasteiger partial charge in [-0.25, -0.2) is 0 Å². The minimum Gasteiger partial charge on any atom is -0.394 e. The lowest BCUT2D eigenvalue weighted by Gasteiger charge is -2.16. The number of aryl methyl sites for hydroxylation is 1. The number of aliphatic hydroxyl groups excluding tert-OH is 1. The molecule has 3 nitrogen and oxygen atoms in total. The highest BCUT2D eigenvalue weighted by Crippen LogP contribution is 2.17. The lowest BCUT2D eigenvalue weighted by Crippen LogP contribution is -2.20. The summed E-state index contributed by atoms with van der Waals surface area (Å²) in [7, 11) is 0. The Hall–Kier alpha value is -1.06. The highest BCUT2D eigenvalue weighted by molar-refractivity contribution is 5.53. The summed E-state index contributed by atoms with van der Waals surface area (Å²) in [6.07, 6.45) is 0. The van der Waals surface area contributed by atoms with Gasteiger partial charge in [-0.1, -0.05) is 17.7 Å². The van der Waals surface area contributed by atoms with E-state index in [1.807, 2.05) is 26.0 Å². The fourth-order valence-corrected chi connectivity index (χ4v) is 1.34. The predicted molar refractivity (Wildman–Crippen MR) is 59.2 cm³/mol. The Balaban J connectivity index is 2.85. The fraction of sp³-hybridized carbons (Fsp3) is 0.455. The van der Waals surface area contributed by atoms with Gasteiger partial charge in [0.1, 0.15) is 0 Å². The monoisotopic (exact) mass is 194 g/mol. The van der Waals surface area contributed by atoms with Crippen molar-refractivity contribution in [2.45, 2.75) is 26.4 Å². The number of anilines is 1. The minimum absolute atomic E-state index is 0.0583. The van der Waals surface area contributed by atoms with Gasteiger partial charge in [0.15, 0.2) is 0 Å². The molecule has 78 valence electrons. The first-order valence-corrected chi connectivity index (χ1v) is 4.84. The second-order valence-electron chi connectivity index (χ2n) is 3.59. The molecule has 3 heteroatoms. The van der Waals surface area contributed by atoms with Gasteiger partial charge in [0.25, 0.3) is 0 Å². The Morgan fingerprint density at radius 3 is 2.79 bits per heavy atom. The van der Waals surface area contributed by atoms with Crippen LogP contribution in [0.15, 0.2) is 18.2 Å². The van der Waals surface area contributed by atoms with Crippen LogP contribution in [0.25, 0.3) is 0 Å². The normalized spacial score (nSPS) is 12.6. The van der Waals surface area contributed by atoms with Crippen LogP contribution >= 0.6 is 0 Å². The molecule has 1 aromatic rings. The summed E-state index contributed by atoms with van der Waals surface area (Å²) in [5.41, 5.74) is 8.94. The Morgan fingerprint density at radius 1 is 1.50 bits per heavy atom. The highest BCUT2D eigenvalue weighted by atomic mass is 16.3. The van der Waals surface area contributed by atoms with Crippen molar-refractivity contribution in [1.29, 1.82) is 0 Å². The van der Waals surface area contributed by atoms with E-state index in [0.29, 0.717) is 6.54 Å². The Bertz CT molecular complexity index is 299. The summed E-state index contributed by atoms with van der Waals surface area (Å²) in [6, 6.07) is 6.16. The average Bonchev–Trinajstić information content (AvgIpc) is 2.20. The standard InChI is InChI=1S/C11H18N2O/c1-8-3-4-11(10(5-8)6-12)13-9(2)7-14/h3-5,9,13-14H,6-7,12H2,1-2H3. The number of hydrogen-bond donors (Lipinski definition) is 3. The van der Waals surface area contributed by atoms with Gasteiger partial charge in [-0.3, -0.25) is 0 Å². The van der Waals surface area contributed by atoms with Gasteiger partial charge in [0, 0.05) is 18.3 Å². The second kappa shape index (κ2) is 4.98. The van der Waals surface area contributed by atoms with E-state index in [2.05, 4.69) is 11.4 Å². The molecule has 14 heavy (non-hydrogen) atoms. The van der Waals surface area contributed by atoms with Crippen LogP contribution in [0.5, 0.6) is 0 Å². The molecule has 0 heterocycles. The number of nitrogens with one attached hydrogen (secondary N) is 1. The summed E-state index contributed by atoms with van der Waals surface area (Å²) in [5.74, 6) is 0. The fourth-order valence-electron chi connectivity index (χ4n) is 1.34. The zero-order chi connectivity index (χ0) is 10.6. The van der Waals surface area contributed by atoms with Crippen LogP contribution in [0.1, 0.15) is 18.1 Å². The van der Waals surface area contributed by atoms with E-state index in [-0.39, 0.29) is 12.6 Å². The molecule has 0 radical (unpaired) electrons. The quantitative estimate of drug-likeness (QED) is 0.676. The van der Waals surface area contributed by atoms with Gasteiger partial charge in [-0.05, 0) is 25.5 Å². The van der Waals surface area contributed by atoms with Crippen LogP contribution < -0.4 is 11.1 Å². The van der Waals surface area contributed by atoms with Crippen molar-refractivity contribution in [2.75, 3.05) is 11.9 Å². The van der Waals surface area contributed by atoms with Gasteiger partial charge in [0.2, 0.25) is 0 Å². The van der Waals surface area contributed by atoms with Crippen LogP contribution in [0.2, 0.25) is 0 Å². The molecule has 4 N–H and O–H groups in total. The molecular formula is C11H18N2O. The lowest BCUT2D eigenvalue weighted by atomic mass is 10.1. The molecule has 0 aromatic heterocycles. The number of rotatable bonds is 4. The molecule has 0 aliphatic rings. The molecule has 0 bridgehead atoms. The summed E-state index contributed by atoms with van der Waals surface area (Å²) in [6.45, 7) is 4.61. The van der Waals surface area contributed by atoms with Gasteiger partial charge in [-0.15, -0.1) is 0 Å². The van der Waals surface area contributed by atoms with Gasteiger partial charge >= 0.3 is 0 Å². The van der Waals surface area contributed by atoms with Crippen molar-refractivity contribution in [3.63, 3.8) is 0 Å². The van der Waals surface area contributed by atoms with E-state index in [1.54, 1.807) is 0 Å². The Kier molecular flexibility index (Phi) is 3.92. The smallest absolute Gasteiger partial charge is 0.0630 e. The molecule has 0 aliphatic carbocycles. The van der Waals surface area contributed by atoms with E-state index in [1.165, 1.54) is 5.56 Å². The van der Waals surface area contributed by atoms with Crippen LogP contribution in [0.3, 0.4) is 0 Å². The minimum atomic E-state index is 0.0583. The first-order valence-electron chi connectivity index (χ1n) is 4.84. The average molecular weight is 194 g/mol. The summed E-state index contributed by atoms with van der Waals surface area (Å²) >= 11 is 0. The zero-order valence-corrected chi connectivity index (χ0v) is 8.75. The van der Waals surface area contributed by atoms with Gasteiger partial charge in [-0.2, -0.15) is 0 Å². The molecule has 0 saturated heterocycles. The summed E-state index contributed by atoms with van der Waals surface area (Å²) < 4.78 is 0. The third-order valence-corrected chi connectivity index (χ3v) is 2.16. The molecule has 1 unspecified atom stereocenters. The number of aliphatic hydroxyl groups is 1. The zero-order valence-electron chi connectivity index (χ0n) is 8.75. The van der Waals surface area contributed by atoms with E-state index in [0.717, 1.165) is 11.3 Å². The topological polar surface area (TPSA) is 58.3 Å². The van der Waals surface area contributed by atoms with Crippen LogP contribution in [-0.2, 0) is 6.54 Å². The summed E-state index contributed by atoms with van der Waals surface area (Å²) in [4.78, 5) is 0. The highest BCUT2D eigenvalue weighted by Gasteiger charge is 2.04. The molecule has 1 rings (SSSR count). The van der Waals surface area contributed by atoms with Crippen molar-refractivity contribution in [3.8, 4) is 0 Å². The Labute approximate surface area is 84.9 Å². The van der Waals surface area contributed by atoms with E-state index < -0.39 is 0 Å². The van der Waals surface area contributed by atoms with Gasteiger partial charge in [0.05, 0.1) is 6.61 Å². The molecule has 0 amide bonds. The summed E-state index contributed by atoms with van der Waals surface area (Å²) in [5, 5.41) is 12.1. The van der Waals surface area contributed by atoms with Crippen LogP contribution in [0, 0.1) is 6.92 Å². The van der Waals surface area contributed by atoms with Gasteiger partial charge < -0.3 is 16.2 Å². The molecule has 0 spiro atoms. The maximum atomic E-state index is 8.92. The maximum absolute atomic E-state index is 8.92. The van der Waals surface area contributed by atoms with Crippen molar-refractivity contribution in [1.82, 2.24) is 0 Å². The predicted octanol–water partition coefficient (Wildman–Crippen LogP) is 1.25. The molecule has 1 atom stereocenters. The lowest BCUT2D eigenvalue weighted by molar-refractivity contribution is 0.281. The molecule has 0 fully saturated rings. The molecule has 0 aliphatic heterocycles. The number of hydrogen-bond acceptors (Lipinski definition) is 3. The third kappa shape index (κ3) is 2.72.